The van der Waals surface area contributed by atoms with Gasteiger partial charge in [-0.2, -0.15) is 5.10 Å². The second-order valence-corrected chi connectivity index (χ2v) is 5.28. The average Bonchev–Trinajstić information content (AvgIpc) is 2.41. The first-order valence-corrected chi connectivity index (χ1v) is 6.76. The molecule has 0 saturated carbocycles. The van der Waals surface area contributed by atoms with E-state index in [1.807, 2.05) is 56.7 Å². The third kappa shape index (κ3) is 4.10. The Bertz CT molecular complexity index is 545. The van der Waals surface area contributed by atoms with Crippen molar-refractivity contribution in [3.8, 4) is 0 Å². The summed E-state index contributed by atoms with van der Waals surface area (Å²) in [4.78, 5) is 2.07. The maximum atomic E-state index is 4.21. The van der Waals surface area contributed by atoms with Gasteiger partial charge >= 0.3 is 0 Å². The van der Waals surface area contributed by atoms with Crippen LogP contribution in [0.3, 0.4) is 0 Å². The molecule has 0 unspecified atom stereocenters. The van der Waals surface area contributed by atoms with E-state index in [9.17, 15) is 0 Å². The van der Waals surface area contributed by atoms with Gasteiger partial charge in [0.1, 0.15) is 0 Å². The Labute approximate surface area is 122 Å². The van der Waals surface area contributed by atoms with Crippen LogP contribution in [0.4, 0.5) is 11.4 Å². The standard InChI is InChI=1S/C15H16BrN3/c1-19(2)15-9-3-12(4-10-15)11-17-18-14-7-5-13(16)6-8-14/h3-11,18H,1-2H3/b17-11+. The van der Waals surface area contributed by atoms with Crippen molar-refractivity contribution in [3.05, 3.63) is 58.6 Å². The Morgan fingerprint density at radius 3 is 2.21 bits per heavy atom. The van der Waals surface area contributed by atoms with E-state index in [-0.39, 0.29) is 0 Å². The third-order valence-electron chi connectivity index (χ3n) is 2.66. The van der Waals surface area contributed by atoms with Crippen LogP contribution >= 0.6 is 15.9 Å². The summed E-state index contributed by atoms with van der Waals surface area (Å²) in [5.41, 5.74) is 6.20. The Morgan fingerprint density at radius 2 is 1.63 bits per heavy atom. The van der Waals surface area contributed by atoms with E-state index in [4.69, 9.17) is 0 Å². The van der Waals surface area contributed by atoms with Gasteiger partial charge in [0.05, 0.1) is 11.9 Å². The first-order chi connectivity index (χ1) is 9.15. The van der Waals surface area contributed by atoms with Gasteiger partial charge < -0.3 is 4.90 Å². The third-order valence-corrected chi connectivity index (χ3v) is 3.19. The molecule has 0 heterocycles. The number of halogens is 1. The minimum atomic E-state index is 0.962. The number of hydrogen-bond acceptors (Lipinski definition) is 3. The number of anilines is 2. The maximum absolute atomic E-state index is 4.21. The van der Waals surface area contributed by atoms with Crippen LogP contribution < -0.4 is 10.3 Å². The lowest BCUT2D eigenvalue weighted by Gasteiger charge is -2.11. The lowest BCUT2D eigenvalue weighted by molar-refractivity contribution is 1.13. The smallest absolute Gasteiger partial charge is 0.0562 e. The Hall–Kier alpha value is -1.81. The fourth-order valence-electron chi connectivity index (χ4n) is 1.56. The van der Waals surface area contributed by atoms with Crippen molar-refractivity contribution < 1.29 is 0 Å². The van der Waals surface area contributed by atoms with E-state index in [0.29, 0.717) is 0 Å². The zero-order chi connectivity index (χ0) is 13.7. The summed E-state index contributed by atoms with van der Waals surface area (Å²) in [6, 6.07) is 16.1. The molecule has 2 aromatic rings. The lowest BCUT2D eigenvalue weighted by atomic mass is 10.2. The number of benzene rings is 2. The number of nitrogens with zero attached hydrogens (tertiary/aromatic N) is 2. The lowest BCUT2D eigenvalue weighted by Crippen LogP contribution is -2.08. The van der Waals surface area contributed by atoms with Crippen molar-refractivity contribution >= 4 is 33.5 Å². The topological polar surface area (TPSA) is 27.6 Å². The first kappa shape index (κ1) is 13.6. The molecule has 3 nitrogen and oxygen atoms in total. The molecule has 1 N–H and O–H groups in total. The van der Waals surface area contributed by atoms with E-state index in [1.165, 1.54) is 5.69 Å². The zero-order valence-electron chi connectivity index (χ0n) is 11.0. The van der Waals surface area contributed by atoms with Gasteiger partial charge in [0.2, 0.25) is 0 Å². The summed E-state index contributed by atoms with van der Waals surface area (Å²) >= 11 is 3.40. The molecule has 0 aliphatic rings. The molecule has 98 valence electrons. The molecule has 0 spiro atoms. The van der Waals surface area contributed by atoms with Gasteiger partial charge in [-0.3, -0.25) is 5.43 Å². The first-order valence-electron chi connectivity index (χ1n) is 5.97. The summed E-state index contributed by atoms with van der Waals surface area (Å²) < 4.78 is 1.06. The Morgan fingerprint density at radius 1 is 1.00 bits per heavy atom. The minimum absolute atomic E-state index is 0.962. The highest BCUT2D eigenvalue weighted by molar-refractivity contribution is 9.10. The Balaban J connectivity index is 1.97. The van der Waals surface area contributed by atoms with Crippen molar-refractivity contribution in [2.45, 2.75) is 0 Å². The van der Waals surface area contributed by atoms with Crippen molar-refractivity contribution in [2.24, 2.45) is 5.10 Å². The molecule has 0 radical (unpaired) electrons. The van der Waals surface area contributed by atoms with E-state index in [2.05, 4.69) is 43.5 Å². The van der Waals surface area contributed by atoms with Crippen LogP contribution in [0.1, 0.15) is 5.56 Å². The van der Waals surface area contributed by atoms with Gasteiger partial charge in [-0.1, -0.05) is 28.1 Å². The second-order valence-electron chi connectivity index (χ2n) is 4.36. The minimum Gasteiger partial charge on any atom is -0.378 e. The van der Waals surface area contributed by atoms with Crippen LogP contribution in [0, 0.1) is 0 Å². The molecule has 2 aromatic carbocycles. The van der Waals surface area contributed by atoms with Crippen molar-refractivity contribution in [1.29, 1.82) is 0 Å². The number of rotatable bonds is 4. The molecule has 0 aliphatic heterocycles. The van der Waals surface area contributed by atoms with Crippen LogP contribution in [-0.4, -0.2) is 20.3 Å². The molecule has 0 saturated heterocycles. The van der Waals surface area contributed by atoms with Crippen molar-refractivity contribution in [3.63, 3.8) is 0 Å². The summed E-state index contributed by atoms with van der Waals surface area (Å²) in [6.45, 7) is 0. The van der Waals surface area contributed by atoms with Gasteiger partial charge in [0.25, 0.3) is 0 Å². The molecule has 4 heteroatoms. The molecule has 0 atom stereocenters. The molecule has 19 heavy (non-hydrogen) atoms. The van der Waals surface area contributed by atoms with Crippen LogP contribution in [0.2, 0.25) is 0 Å². The van der Waals surface area contributed by atoms with Gasteiger partial charge in [-0.25, -0.2) is 0 Å². The van der Waals surface area contributed by atoms with Gasteiger partial charge in [0.15, 0.2) is 0 Å². The van der Waals surface area contributed by atoms with Gasteiger partial charge in [0, 0.05) is 24.3 Å². The van der Waals surface area contributed by atoms with Crippen molar-refractivity contribution in [1.82, 2.24) is 0 Å². The Kier molecular flexibility index (Phi) is 4.58. The van der Waals surface area contributed by atoms with Crippen molar-refractivity contribution in [2.75, 3.05) is 24.4 Å². The fraction of sp³-hybridized carbons (Fsp3) is 0.133. The van der Waals surface area contributed by atoms with Gasteiger partial charge in [-0.15, -0.1) is 0 Å². The molecule has 0 bridgehead atoms. The van der Waals surface area contributed by atoms with Crippen LogP contribution in [0.15, 0.2) is 58.1 Å². The highest BCUT2D eigenvalue weighted by atomic mass is 79.9. The predicted molar refractivity (Wildman–Crippen MR) is 86.1 cm³/mol. The molecule has 0 amide bonds. The quantitative estimate of drug-likeness (QED) is 0.682. The van der Waals surface area contributed by atoms with E-state index in [0.717, 1.165) is 15.7 Å². The summed E-state index contributed by atoms with van der Waals surface area (Å²) in [5.74, 6) is 0. The highest BCUT2D eigenvalue weighted by Crippen LogP contribution is 2.14. The zero-order valence-corrected chi connectivity index (χ0v) is 12.6. The van der Waals surface area contributed by atoms with Crippen LogP contribution in [-0.2, 0) is 0 Å². The fourth-order valence-corrected chi connectivity index (χ4v) is 1.83. The highest BCUT2D eigenvalue weighted by Gasteiger charge is 1.94. The second kappa shape index (κ2) is 6.38. The SMILES string of the molecule is CN(C)c1ccc(/C=N/Nc2ccc(Br)cc2)cc1. The van der Waals surface area contributed by atoms with Gasteiger partial charge in [-0.05, 0) is 42.0 Å². The largest absolute Gasteiger partial charge is 0.378 e. The number of hydrazone groups is 1. The monoisotopic (exact) mass is 317 g/mol. The van der Waals surface area contributed by atoms with Crippen LogP contribution in [0.5, 0.6) is 0 Å². The number of nitrogens with one attached hydrogen (secondary N) is 1. The normalized spacial score (nSPS) is 10.7. The van der Waals surface area contributed by atoms with Crippen LogP contribution in [0.25, 0.3) is 0 Å². The average molecular weight is 318 g/mol. The van der Waals surface area contributed by atoms with E-state index in [1.54, 1.807) is 0 Å². The molecule has 0 aromatic heterocycles. The summed E-state index contributed by atoms with van der Waals surface area (Å²) in [6.07, 6.45) is 1.81. The molecular formula is C15H16BrN3. The predicted octanol–water partition coefficient (Wildman–Crippen LogP) is 3.96. The van der Waals surface area contributed by atoms with E-state index >= 15 is 0 Å². The summed E-state index contributed by atoms with van der Waals surface area (Å²) in [7, 11) is 4.05. The molecular weight excluding hydrogens is 302 g/mol. The summed E-state index contributed by atoms with van der Waals surface area (Å²) in [5, 5.41) is 4.21. The van der Waals surface area contributed by atoms with E-state index < -0.39 is 0 Å². The molecule has 2 rings (SSSR count). The molecule has 0 aliphatic carbocycles. The molecule has 0 fully saturated rings. The number of hydrogen-bond donors (Lipinski definition) is 1. The maximum Gasteiger partial charge on any atom is 0.0562 e.